The van der Waals surface area contributed by atoms with Crippen molar-refractivity contribution in [2.45, 2.75) is 31.7 Å². The number of unbranched alkanes of at least 4 members (excludes halogenated alkanes) is 1. The smallest absolute Gasteiger partial charge is 0.303 e. The van der Waals surface area contributed by atoms with Crippen LogP contribution in [0.25, 0.3) is 0 Å². The van der Waals surface area contributed by atoms with Gasteiger partial charge in [-0.3, -0.25) is 9.59 Å². The van der Waals surface area contributed by atoms with E-state index < -0.39 is 23.9 Å². The van der Waals surface area contributed by atoms with E-state index >= 15 is 0 Å². The average Bonchev–Trinajstić information content (AvgIpc) is 2.57. The predicted molar refractivity (Wildman–Crippen MR) is 97.2 cm³/mol. The van der Waals surface area contributed by atoms with Crippen LogP contribution in [0.1, 0.15) is 36.0 Å². The maximum absolute atomic E-state index is 12.1. The Balaban J connectivity index is 2.48. The lowest BCUT2D eigenvalue weighted by Crippen LogP contribution is -2.48. The normalized spacial score (nSPS) is 12.3. The molecule has 0 aliphatic rings. The highest BCUT2D eigenvalue weighted by molar-refractivity contribution is 5.96. The van der Waals surface area contributed by atoms with E-state index in [1.165, 1.54) is 12.1 Å². The van der Waals surface area contributed by atoms with E-state index in [0.717, 1.165) is 23.9 Å². The summed E-state index contributed by atoms with van der Waals surface area (Å²) in [5.74, 6) is -2.64. The van der Waals surface area contributed by atoms with Crippen molar-refractivity contribution in [3.63, 3.8) is 0 Å². The number of rotatable bonds is 12. The Kier molecular flexibility index (Phi) is 8.74. The number of benzene rings is 1. The second-order valence-electron chi connectivity index (χ2n) is 7.37. The molecule has 0 radical (unpaired) electrons. The maximum Gasteiger partial charge on any atom is 0.303 e. The highest BCUT2D eigenvalue weighted by atomic mass is 16.5. The van der Waals surface area contributed by atoms with Gasteiger partial charge in [0.15, 0.2) is 0 Å². The number of nitrogens with one attached hydrogen (secondary N) is 1. The minimum absolute atomic E-state index is 0.238. The molecular formula is C19H28N2O6. The summed E-state index contributed by atoms with van der Waals surface area (Å²) in [6, 6.07) is 4.98. The summed E-state index contributed by atoms with van der Waals surface area (Å²) in [7, 11) is 6.41. The standard InChI is InChI=1S/C19H28N2O6/c1-21(2,3)12-4-5-13-27-15-8-6-14(7-9-15)18(24)20-16(19(25)26)10-11-17(22)23/h6-9,16H,4-5,10-13H2,1-3H3,(H2-,20,22,23,24,25,26)/t16-/m1/s1. The zero-order valence-electron chi connectivity index (χ0n) is 16.1. The van der Waals surface area contributed by atoms with Crippen LogP contribution in [0.15, 0.2) is 24.3 Å². The van der Waals surface area contributed by atoms with Gasteiger partial charge in [-0.1, -0.05) is 0 Å². The number of ether oxygens (including phenoxy) is 1. The SMILES string of the molecule is C[N+](C)(C)CCCCOc1ccc(C(=O)N[C@H](CCC(=O)O)C(=O)[O-])cc1. The van der Waals surface area contributed by atoms with E-state index in [1.807, 2.05) is 0 Å². The van der Waals surface area contributed by atoms with Crippen molar-refractivity contribution in [1.82, 2.24) is 5.32 Å². The van der Waals surface area contributed by atoms with Gasteiger partial charge in [0.1, 0.15) is 5.75 Å². The highest BCUT2D eigenvalue weighted by Gasteiger charge is 2.16. The number of nitrogens with zero attached hydrogens (tertiary/aromatic N) is 1. The largest absolute Gasteiger partial charge is 0.548 e. The quantitative estimate of drug-likeness (QED) is 0.397. The van der Waals surface area contributed by atoms with Crippen molar-refractivity contribution in [2.24, 2.45) is 0 Å². The number of aliphatic carboxylic acids is 2. The van der Waals surface area contributed by atoms with Crippen LogP contribution >= 0.6 is 0 Å². The van der Waals surface area contributed by atoms with Crippen LogP contribution in [0.5, 0.6) is 5.75 Å². The second kappa shape index (κ2) is 10.5. The van der Waals surface area contributed by atoms with E-state index in [0.29, 0.717) is 12.4 Å². The van der Waals surface area contributed by atoms with Crippen molar-refractivity contribution in [3.05, 3.63) is 29.8 Å². The number of carbonyl (C=O) groups is 3. The molecule has 1 rings (SSSR count). The van der Waals surface area contributed by atoms with Crippen LogP contribution in [-0.4, -0.2) is 67.8 Å². The summed E-state index contributed by atoms with van der Waals surface area (Å²) < 4.78 is 6.54. The van der Waals surface area contributed by atoms with Gasteiger partial charge in [0.05, 0.1) is 46.3 Å². The Bertz CT molecular complexity index is 637. The topological polar surface area (TPSA) is 116 Å². The van der Waals surface area contributed by atoms with E-state index in [1.54, 1.807) is 12.1 Å². The Labute approximate surface area is 159 Å². The molecular weight excluding hydrogens is 352 g/mol. The fourth-order valence-corrected chi connectivity index (χ4v) is 2.34. The third kappa shape index (κ3) is 9.60. The van der Waals surface area contributed by atoms with E-state index in [9.17, 15) is 19.5 Å². The van der Waals surface area contributed by atoms with E-state index in [4.69, 9.17) is 9.84 Å². The number of quaternary nitrogens is 1. The first kappa shape index (κ1) is 22.4. The zero-order valence-corrected chi connectivity index (χ0v) is 16.1. The number of carboxylic acid groups (broad SMARTS) is 2. The van der Waals surface area contributed by atoms with Crippen LogP contribution in [0.2, 0.25) is 0 Å². The molecule has 8 heteroatoms. The number of hydrogen-bond acceptors (Lipinski definition) is 5. The molecule has 0 bridgehead atoms. The van der Waals surface area contributed by atoms with Crippen LogP contribution in [-0.2, 0) is 9.59 Å². The van der Waals surface area contributed by atoms with Crippen LogP contribution in [0.3, 0.4) is 0 Å². The molecule has 1 amide bonds. The molecule has 1 aromatic carbocycles. The van der Waals surface area contributed by atoms with Crippen molar-refractivity contribution >= 4 is 17.8 Å². The van der Waals surface area contributed by atoms with Gasteiger partial charge < -0.3 is 29.5 Å². The molecule has 0 saturated heterocycles. The second-order valence-corrected chi connectivity index (χ2v) is 7.37. The number of carboxylic acids is 2. The Morgan fingerprint density at radius 3 is 2.30 bits per heavy atom. The van der Waals surface area contributed by atoms with Crippen molar-refractivity contribution in [2.75, 3.05) is 34.3 Å². The fraction of sp³-hybridized carbons (Fsp3) is 0.526. The Morgan fingerprint density at radius 1 is 1.15 bits per heavy atom. The van der Waals surface area contributed by atoms with Gasteiger partial charge in [-0.15, -0.1) is 0 Å². The molecule has 27 heavy (non-hydrogen) atoms. The molecule has 8 nitrogen and oxygen atoms in total. The lowest BCUT2D eigenvalue weighted by Gasteiger charge is -2.23. The van der Waals surface area contributed by atoms with Gasteiger partial charge in [0.25, 0.3) is 5.91 Å². The van der Waals surface area contributed by atoms with Crippen molar-refractivity contribution in [3.8, 4) is 5.75 Å². The highest BCUT2D eigenvalue weighted by Crippen LogP contribution is 2.13. The average molecular weight is 380 g/mol. The minimum atomic E-state index is -1.52. The van der Waals surface area contributed by atoms with Crippen LogP contribution in [0.4, 0.5) is 0 Å². The zero-order chi connectivity index (χ0) is 20.4. The minimum Gasteiger partial charge on any atom is -0.548 e. The molecule has 150 valence electrons. The maximum atomic E-state index is 12.1. The third-order valence-corrected chi connectivity index (χ3v) is 3.85. The lowest BCUT2D eigenvalue weighted by atomic mass is 10.1. The molecule has 0 heterocycles. The summed E-state index contributed by atoms with van der Waals surface area (Å²) in [6.45, 7) is 1.64. The van der Waals surface area contributed by atoms with Gasteiger partial charge >= 0.3 is 5.97 Å². The first-order valence-electron chi connectivity index (χ1n) is 8.85. The molecule has 0 aliphatic carbocycles. The van der Waals surface area contributed by atoms with Gasteiger partial charge in [0.2, 0.25) is 0 Å². The van der Waals surface area contributed by atoms with Gasteiger partial charge in [-0.2, -0.15) is 0 Å². The summed E-state index contributed by atoms with van der Waals surface area (Å²) in [6.07, 6.45) is 1.36. The summed E-state index contributed by atoms with van der Waals surface area (Å²) in [5.41, 5.74) is 0.258. The van der Waals surface area contributed by atoms with E-state index in [2.05, 4.69) is 26.5 Å². The summed E-state index contributed by atoms with van der Waals surface area (Å²) in [4.78, 5) is 33.7. The molecule has 0 spiro atoms. The molecule has 0 aromatic heterocycles. The first-order chi connectivity index (χ1) is 12.6. The molecule has 1 atom stereocenters. The Morgan fingerprint density at radius 2 is 1.78 bits per heavy atom. The van der Waals surface area contributed by atoms with Crippen LogP contribution < -0.4 is 15.2 Å². The fourth-order valence-electron chi connectivity index (χ4n) is 2.34. The molecule has 0 saturated carbocycles. The third-order valence-electron chi connectivity index (χ3n) is 3.85. The molecule has 0 aliphatic heterocycles. The molecule has 1 aromatic rings. The summed E-state index contributed by atoms with van der Waals surface area (Å²) >= 11 is 0. The monoisotopic (exact) mass is 380 g/mol. The predicted octanol–water partition coefficient (Wildman–Crippen LogP) is 0.265. The summed E-state index contributed by atoms with van der Waals surface area (Å²) in [5, 5.41) is 21.9. The van der Waals surface area contributed by atoms with E-state index in [-0.39, 0.29) is 18.4 Å². The van der Waals surface area contributed by atoms with Crippen LogP contribution in [0, 0.1) is 0 Å². The van der Waals surface area contributed by atoms with Gasteiger partial charge in [0, 0.05) is 12.0 Å². The molecule has 2 N–H and O–H groups in total. The van der Waals surface area contributed by atoms with Gasteiger partial charge in [-0.25, -0.2) is 0 Å². The van der Waals surface area contributed by atoms with Crippen molar-refractivity contribution in [1.29, 1.82) is 0 Å². The number of amides is 1. The molecule has 0 fully saturated rings. The number of hydrogen-bond donors (Lipinski definition) is 2. The Hall–Kier alpha value is -2.61. The number of carbonyl (C=O) groups excluding carboxylic acids is 2. The molecule has 0 unspecified atom stereocenters. The van der Waals surface area contributed by atoms with Crippen molar-refractivity contribution < 1.29 is 33.8 Å². The first-order valence-corrected chi connectivity index (χ1v) is 8.85. The lowest BCUT2D eigenvalue weighted by molar-refractivity contribution is -0.870. The van der Waals surface area contributed by atoms with Gasteiger partial charge in [-0.05, 0) is 43.5 Å².